The van der Waals surface area contributed by atoms with E-state index in [0.29, 0.717) is 38.9 Å². The largest absolute Gasteiger partial charge is 0.496 e. The van der Waals surface area contributed by atoms with Crippen molar-refractivity contribution in [3.63, 3.8) is 0 Å². The maximum atomic E-state index is 15.1. The Hall–Kier alpha value is -2.95. The van der Waals surface area contributed by atoms with Gasteiger partial charge in [-0.25, -0.2) is 8.78 Å². The molecule has 2 bridgehead atoms. The van der Waals surface area contributed by atoms with Crippen LogP contribution in [0.25, 0.3) is 0 Å². The molecule has 11 heteroatoms. The van der Waals surface area contributed by atoms with E-state index >= 15 is 4.39 Å². The molecule has 40 heavy (non-hydrogen) atoms. The molecule has 1 saturated heterocycles. The van der Waals surface area contributed by atoms with E-state index < -0.39 is 29.4 Å². The van der Waals surface area contributed by atoms with Gasteiger partial charge in [-0.05, 0) is 62.8 Å². The first-order valence-corrected chi connectivity index (χ1v) is 14.4. The summed E-state index contributed by atoms with van der Waals surface area (Å²) in [6, 6.07) is 2.04. The van der Waals surface area contributed by atoms with Crippen molar-refractivity contribution < 1.29 is 37.4 Å². The van der Waals surface area contributed by atoms with Gasteiger partial charge in [-0.15, -0.1) is 0 Å². The van der Waals surface area contributed by atoms with Gasteiger partial charge in [0.2, 0.25) is 11.8 Å². The molecule has 0 spiro atoms. The normalized spacial score (nSPS) is 30.9. The topological polar surface area (TPSA) is 129 Å². The van der Waals surface area contributed by atoms with Gasteiger partial charge in [0.25, 0.3) is 5.91 Å². The van der Waals surface area contributed by atoms with Crippen LogP contribution in [0.2, 0.25) is 0 Å². The summed E-state index contributed by atoms with van der Waals surface area (Å²) in [7, 11) is 1.36. The SMILES string of the molecule is COc1cc(F)c(OC2CCC(C(N)=O)CC2)cc1C(=O)NC1C2CCC(C2)C1C(=O)NCC1(F)CCOCC1. The molecule has 4 fully saturated rings. The third-order valence-electron chi connectivity index (χ3n) is 9.35. The van der Waals surface area contributed by atoms with Crippen LogP contribution in [0.4, 0.5) is 8.78 Å². The number of carbonyl (C=O) groups is 3. The van der Waals surface area contributed by atoms with E-state index in [1.807, 2.05) is 0 Å². The van der Waals surface area contributed by atoms with Crippen LogP contribution >= 0.6 is 0 Å². The molecule has 1 heterocycles. The Morgan fingerprint density at radius 2 is 1.75 bits per heavy atom. The number of nitrogens with two attached hydrogens (primary N) is 1. The first-order chi connectivity index (χ1) is 19.2. The van der Waals surface area contributed by atoms with Gasteiger partial charge < -0.3 is 30.6 Å². The van der Waals surface area contributed by atoms with Gasteiger partial charge in [-0.2, -0.15) is 0 Å². The molecule has 1 aromatic carbocycles. The number of nitrogens with one attached hydrogen (secondary N) is 2. The maximum absolute atomic E-state index is 15.1. The molecule has 0 aromatic heterocycles. The van der Waals surface area contributed by atoms with E-state index in [1.54, 1.807) is 0 Å². The molecule has 1 aliphatic heterocycles. The second kappa shape index (κ2) is 11.9. The van der Waals surface area contributed by atoms with E-state index in [0.717, 1.165) is 25.3 Å². The maximum Gasteiger partial charge on any atom is 0.255 e. The Labute approximate surface area is 232 Å². The third-order valence-corrected chi connectivity index (χ3v) is 9.35. The third kappa shape index (κ3) is 6.04. The van der Waals surface area contributed by atoms with Crippen molar-refractivity contribution in [2.24, 2.45) is 29.4 Å². The summed E-state index contributed by atoms with van der Waals surface area (Å²) in [5.74, 6) is -2.16. The summed E-state index contributed by atoms with van der Waals surface area (Å²) < 4.78 is 46.4. The fraction of sp³-hybridized carbons (Fsp3) is 0.690. The number of fused-ring (bicyclic) bond motifs is 2. The second-order valence-electron chi connectivity index (χ2n) is 11.8. The summed E-state index contributed by atoms with van der Waals surface area (Å²) in [5.41, 5.74) is 4.03. The molecule has 4 atom stereocenters. The Balaban J connectivity index is 1.27. The molecule has 4 aliphatic rings. The fourth-order valence-electron chi connectivity index (χ4n) is 7.00. The number of methoxy groups -OCH3 is 1. The highest BCUT2D eigenvalue weighted by Gasteiger charge is 2.52. The molecule has 5 rings (SSSR count). The van der Waals surface area contributed by atoms with Crippen molar-refractivity contribution in [2.75, 3.05) is 26.9 Å². The number of hydrogen-bond acceptors (Lipinski definition) is 6. The highest BCUT2D eigenvalue weighted by Crippen LogP contribution is 2.49. The molecular weight excluding hydrogens is 524 g/mol. The Bertz CT molecular complexity index is 1120. The minimum atomic E-state index is -1.48. The minimum absolute atomic E-state index is 0.0582. The quantitative estimate of drug-likeness (QED) is 0.424. The van der Waals surface area contributed by atoms with Crippen LogP contribution in [0.15, 0.2) is 12.1 Å². The number of alkyl halides is 1. The first-order valence-electron chi connectivity index (χ1n) is 14.4. The molecule has 3 saturated carbocycles. The monoisotopic (exact) mass is 563 g/mol. The number of hydrogen-bond donors (Lipinski definition) is 3. The van der Waals surface area contributed by atoms with Crippen LogP contribution in [-0.2, 0) is 14.3 Å². The van der Waals surface area contributed by atoms with E-state index in [-0.39, 0.29) is 72.1 Å². The van der Waals surface area contributed by atoms with Crippen molar-refractivity contribution in [1.29, 1.82) is 0 Å². The summed E-state index contributed by atoms with van der Waals surface area (Å²) in [6.07, 6.45) is 5.02. The molecule has 3 amide bonds. The Morgan fingerprint density at radius 3 is 2.42 bits per heavy atom. The van der Waals surface area contributed by atoms with Crippen molar-refractivity contribution in [2.45, 2.75) is 75.6 Å². The van der Waals surface area contributed by atoms with Crippen LogP contribution in [-0.4, -0.2) is 62.4 Å². The lowest BCUT2D eigenvalue weighted by atomic mass is 9.83. The van der Waals surface area contributed by atoms with Crippen molar-refractivity contribution >= 4 is 17.7 Å². The van der Waals surface area contributed by atoms with E-state index in [4.69, 9.17) is 19.9 Å². The predicted molar refractivity (Wildman–Crippen MR) is 141 cm³/mol. The van der Waals surface area contributed by atoms with E-state index in [9.17, 15) is 18.8 Å². The number of rotatable bonds is 9. The lowest BCUT2D eigenvalue weighted by Gasteiger charge is -2.33. The van der Waals surface area contributed by atoms with E-state index in [2.05, 4.69) is 10.6 Å². The van der Waals surface area contributed by atoms with Crippen molar-refractivity contribution in [1.82, 2.24) is 10.6 Å². The number of carbonyl (C=O) groups excluding carboxylic acids is 3. The van der Waals surface area contributed by atoms with Gasteiger partial charge in [0.15, 0.2) is 11.6 Å². The van der Waals surface area contributed by atoms with Gasteiger partial charge in [0.05, 0.1) is 31.2 Å². The predicted octanol–water partition coefficient (Wildman–Crippen LogP) is 3.04. The Morgan fingerprint density at radius 1 is 1.05 bits per heavy atom. The van der Waals surface area contributed by atoms with Gasteiger partial charge in [-0.3, -0.25) is 14.4 Å². The Kier molecular flexibility index (Phi) is 8.49. The highest BCUT2D eigenvalue weighted by atomic mass is 19.1. The van der Waals surface area contributed by atoms with Crippen LogP contribution < -0.4 is 25.8 Å². The summed E-state index contributed by atoms with van der Waals surface area (Å²) >= 11 is 0. The zero-order valence-electron chi connectivity index (χ0n) is 22.9. The molecule has 3 aliphatic carbocycles. The average molecular weight is 564 g/mol. The molecule has 220 valence electrons. The summed E-state index contributed by atoms with van der Waals surface area (Å²) in [4.78, 5) is 38.3. The fourth-order valence-corrected chi connectivity index (χ4v) is 7.00. The van der Waals surface area contributed by atoms with Crippen molar-refractivity contribution in [3.8, 4) is 11.5 Å². The van der Waals surface area contributed by atoms with Crippen LogP contribution in [0.3, 0.4) is 0 Å². The van der Waals surface area contributed by atoms with E-state index in [1.165, 1.54) is 13.2 Å². The number of halogens is 2. The van der Waals surface area contributed by atoms with Gasteiger partial charge >= 0.3 is 0 Å². The number of primary amides is 1. The number of ether oxygens (including phenoxy) is 3. The van der Waals surface area contributed by atoms with Gasteiger partial charge in [0.1, 0.15) is 11.4 Å². The molecule has 4 unspecified atom stereocenters. The van der Waals surface area contributed by atoms with Gasteiger partial charge in [0, 0.05) is 44.1 Å². The molecule has 4 N–H and O–H groups in total. The highest BCUT2D eigenvalue weighted by molar-refractivity contribution is 5.98. The number of amides is 3. The molecule has 0 radical (unpaired) electrons. The average Bonchev–Trinajstić information content (AvgIpc) is 3.55. The molecule has 1 aromatic rings. The number of benzene rings is 1. The standard InChI is InChI=1S/C29H39F2N3O6/c1-38-22-14-21(30)23(40-19-6-4-16(5-7-19)26(32)35)13-20(22)27(36)34-25-18-3-2-17(12-18)24(25)28(37)33-15-29(31)8-10-39-11-9-29/h13-14,16-19,24-25H,2-12,15H2,1H3,(H2,32,35)(H,33,37)(H,34,36). The second-order valence-corrected chi connectivity index (χ2v) is 11.8. The van der Waals surface area contributed by atoms with Crippen molar-refractivity contribution in [3.05, 3.63) is 23.5 Å². The first kappa shape index (κ1) is 28.6. The van der Waals surface area contributed by atoms with Gasteiger partial charge in [-0.1, -0.05) is 0 Å². The lowest BCUT2D eigenvalue weighted by molar-refractivity contribution is -0.128. The van der Waals surface area contributed by atoms with Crippen LogP contribution in [0.5, 0.6) is 11.5 Å². The zero-order chi connectivity index (χ0) is 28.4. The van der Waals surface area contributed by atoms with Crippen LogP contribution in [0.1, 0.15) is 68.1 Å². The lowest BCUT2D eigenvalue weighted by Crippen LogP contribution is -2.52. The summed E-state index contributed by atoms with van der Waals surface area (Å²) in [6.45, 7) is 0.593. The van der Waals surface area contributed by atoms with Crippen LogP contribution in [0, 0.1) is 29.5 Å². The molecular formula is C29H39F2N3O6. The zero-order valence-corrected chi connectivity index (χ0v) is 22.9. The minimum Gasteiger partial charge on any atom is -0.496 e. The smallest absolute Gasteiger partial charge is 0.255 e. The summed E-state index contributed by atoms with van der Waals surface area (Å²) in [5, 5.41) is 5.84. The molecule has 9 nitrogen and oxygen atoms in total.